The molecule has 0 aliphatic carbocycles. The molecule has 0 saturated carbocycles. The molecule has 1 aliphatic rings. The predicted molar refractivity (Wildman–Crippen MR) is 56.7 cm³/mol. The number of aliphatic hydroxyl groups is 1. The molecule has 1 aromatic rings. The molecule has 0 amide bonds. The predicted octanol–water partition coefficient (Wildman–Crippen LogP) is -0.687. The van der Waals surface area contributed by atoms with E-state index in [0.717, 1.165) is 0 Å². The van der Waals surface area contributed by atoms with Crippen LogP contribution in [-0.2, 0) is 0 Å². The summed E-state index contributed by atoms with van der Waals surface area (Å²) >= 11 is 0. The highest BCUT2D eigenvalue weighted by atomic mass is 16.3. The van der Waals surface area contributed by atoms with Crippen molar-refractivity contribution in [1.29, 1.82) is 0 Å². The average molecular weight is 210 g/mol. The summed E-state index contributed by atoms with van der Waals surface area (Å²) in [5.41, 5.74) is 5.20. The molecule has 0 atom stereocenters. The number of nitrogens with two attached hydrogens (primary N) is 1. The lowest BCUT2D eigenvalue weighted by molar-refractivity contribution is 0.145. The zero-order valence-corrected chi connectivity index (χ0v) is 8.31. The SMILES string of the molecule is Nc1nc(N2CCC(O)CC2)cc(=O)[nH]1. The maximum Gasteiger partial charge on any atom is 0.254 e. The fourth-order valence-electron chi connectivity index (χ4n) is 1.72. The van der Waals surface area contributed by atoms with Gasteiger partial charge in [0, 0.05) is 19.2 Å². The Morgan fingerprint density at radius 1 is 1.53 bits per heavy atom. The number of nitrogens with one attached hydrogen (secondary N) is 1. The van der Waals surface area contributed by atoms with Gasteiger partial charge in [0.2, 0.25) is 5.95 Å². The molecule has 0 unspecified atom stereocenters. The lowest BCUT2D eigenvalue weighted by atomic mass is 10.1. The van der Waals surface area contributed by atoms with Gasteiger partial charge in [0.15, 0.2) is 0 Å². The molecule has 0 aromatic carbocycles. The van der Waals surface area contributed by atoms with E-state index in [9.17, 15) is 9.90 Å². The van der Waals surface area contributed by atoms with Gasteiger partial charge >= 0.3 is 0 Å². The highest BCUT2D eigenvalue weighted by molar-refractivity contribution is 5.41. The Kier molecular flexibility index (Phi) is 2.59. The van der Waals surface area contributed by atoms with Crippen molar-refractivity contribution in [2.45, 2.75) is 18.9 Å². The summed E-state index contributed by atoms with van der Waals surface area (Å²) in [5, 5.41) is 9.34. The van der Waals surface area contributed by atoms with Crippen molar-refractivity contribution in [1.82, 2.24) is 9.97 Å². The summed E-state index contributed by atoms with van der Waals surface area (Å²) in [6.07, 6.45) is 1.17. The fraction of sp³-hybridized carbons (Fsp3) is 0.556. The fourth-order valence-corrected chi connectivity index (χ4v) is 1.72. The standard InChI is InChI=1S/C9H14N4O2/c10-9-11-7(5-8(15)12-9)13-3-1-6(14)2-4-13/h5-6,14H,1-4H2,(H3,10,11,12,15). The molecular weight excluding hydrogens is 196 g/mol. The summed E-state index contributed by atoms with van der Waals surface area (Å²) in [4.78, 5) is 19.6. The molecule has 1 saturated heterocycles. The average Bonchev–Trinajstić information content (AvgIpc) is 2.17. The molecule has 15 heavy (non-hydrogen) atoms. The molecule has 4 N–H and O–H groups in total. The number of H-pyrrole nitrogens is 1. The largest absolute Gasteiger partial charge is 0.393 e. The van der Waals surface area contributed by atoms with Crippen LogP contribution in [0.2, 0.25) is 0 Å². The Hall–Kier alpha value is -1.56. The zero-order valence-electron chi connectivity index (χ0n) is 8.31. The highest BCUT2D eigenvalue weighted by Crippen LogP contribution is 2.16. The van der Waals surface area contributed by atoms with E-state index in [1.807, 2.05) is 4.90 Å². The van der Waals surface area contributed by atoms with E-state index < -0.39 is 0 Å². The first-order chi connectivity index (χ1) is 7.15. The second kappa shape index (κ2) is 3.90. The van der Waals surface area contributed by atoms with Crippen LogP contribution >= 0.6 is 0 Å². The lowest BCUT2D eigenvalue weighted by Gasteiger charge is -2.30. The summed E-state index contributed by atoms with van der Waals surface area (Å²) in [7, 11) is 0. The minimum Gasteiger partial charge on any atom is -0.393 e. The third-order valence-electron chi connectivity index (χ3n) is 2.53. The molecule has 0 bridgehead atoms. The first-order valence-electron chi connectivity index (χ1n) is 4.95. The van der Waals surface area contributed by atoms with Gasteiger partial charge in [0.1, 0.15) is 5.82 Å². The maximum atomic E-state index is 11.2. The summed E-state index contributed by atoms with van der Waals surface area (Å²) in [6.45, 7) is 1.41. The molecular formula is C9H14N4O2. The van der Waals surface area contributed by atoms with Crippen LogP contribution in [0.4, 0.5) is 11.8 Å². The number of aromatic nitrogens is 2. The third-order valence-corrected chi connectivity index (χ3v) is 2.53. The van der Waals surface area contributed by atoms with E-state index in [0.29, 0.717) is 31.7 Å². The van der Waals surface area contributed by atoms with Crippen molar-refractivity contribution in [3.63, 3.8) is 0 Å². The number of aliphatic hydroxyl groups excluding tert-OH is 1. The van der Waals surface area contributed by atoms with Gasteiger partial charge in [-0.05, 0) is 12.8 Å². The summed E-state index contributed by atoms with van der Waals surface area (Å²) < 4.78 is 0. The molecule has 0 radical (unpaired) electrons. The van der Waals surface area contributed by atoms with E-state index in [2.05, 4.69) is 9.97 Å². The van der Waals surface area contributed by atoms with E-state index in [4.69, 9.17) is 5.73 Å². The van der Waals surface area contributed by atoms with Crippen LogP contribution in [0, 0.1) is 0 Å². The zero-order chi connectivity index (χ0) is 10.8. The normalized spacial score (nSPS) is 18.1. The second-order valence-electron chi connectivity index (χ2n) is 3.71. The molecule has 2 heterocycles. The number of nitrogen functional groups attached to an aromatic ring is 1. The van der Waals surface area contributed by atoms with Gasteiger partial charge in [-0.1, -0.05) is 0 Å². The lowest BCUT2D eigenvalue weighted by Crippen LogP contribution is -2.37. The van der Waals surface area contributed by atoms with Gasteiger partial charge in [0.25, 0.3) is 5.56 Å². The molecule has 0 spiro atoms. The van der Waals surface area contributed by atoms with Crippen molar-refractivity contribution in [2.75, 3.05) is 23.7 Å². The number of anilines is 2. The quantitative estimate of drug-likeness (QED) is 0.570. The van der Waals surface area contributed by atoms with Crippen LogP contribution < -0.4 is 16.2 Å². The number of hydrogen-bond donors (Lipinski definition) is 3. The van der Waals surface area contributed by atoms with Gasteiger partial charge in [-0.15, -0.1) is 0 Å². The number of hydrogen-bond acceptors (Lipinski definition) is 5. The number of piperidine rings is 1. The molecule has 82 valence electrons. The van der Waals surface area contributed by atoms with Crippen molar-refractivity contribution >= 4 is 11.8 Å². The molecule has 1 aliphatic heterocycles. The van der Waals surface area contributed by atoms with E-state index in [-0.39, 0.29) is 17.6 Å². The van der Waals surface area contributed by atoms with Crippen LogP contribution in [0.5, 0.6) is 0 Å². The Morgan fingerprint density at radius 3 is 2.80 bits per heavy atom. The van der Waals surface area contributed by atoms with Crippen molar-refractivity contribution in [2.24, 2.45) is 0 Å². The van der Waals surface area contributed by atoms with Gasteiger partial charge in [-0.25, -0.2) is 0 Å². The number of nitrogens with zero attached hydrogens (tertiary/aromatic N) is 2. The van der Waals surface area contributed by atoms with E-state index in [1.165, 1.54) is 6.07 Å². The van der Waals surface area contributed by atoms with Gasteiger partial charge in [0.05, 0.1) is 6.10 Å². The first kappa shape index (κ1) is 9.97. The molecule has 1 fully saturated rings. The van der Waals surface area contributed by atoms with Crippen molar-refractivity contribution < 1.29 is 5.11 Å². The Bertz CT molecular complexity index is 395. The van der Waals surface area contributed by atoms with Crippen molar-refractivity contribution in [3.05, 3.63) is 16.4 Å². The molecule has 2 rings (SSSR count). The Labute approximate surface area is 86.7 Å². The van der Waals surface area contributed by atoms with Gasteiger partial charge in [-0.2, -0.15) is 4.98 Å². The van der Waals surface area contributed by atoms with Gasteiger partial charge in [-0.3, -0.25) is 9.78 Å². The van der Waals surface area contributed by atoms with Crippen LogP contribution in [0.15, 0.2) is 10.9 Å². The van der Waals surface area contributed by atoms with Crippen LogP contribution in [0.25, 0.3) is 0 Å². The summed E-state index contributed by atoms with van der Waals surface area (Å²) in [6, 6.07) is 1.42. The molecule has 6 nitrogen and oxygen atoms in total. The maximum absolute atomic E-state index is 11.2. The topological polar surface area (TPSA) is 95.2 Å². The van der Waals surface area contributed by atoms with Crippen LogP contribution in [-0.4, -0.2) is 34.3 Å². The van der Waals surface area contributed by atoms with E-state index in [1.54, 1.807) is 0 Å². The number of rotatable bonds is 1. The van der Waals surface area contributed by atoms with E-state index >= 15 is 0 Å². The summed E-state index contributed by atoms with van der Waals surface area (Å²) in [5.74, 6) is 0.715. The monoisotopic (exact) mass is 210 g/mol. The Morgan fingerprint density at radius 2 is 2.20 bits per heavy atom. The molecule has 1 aromatic heterocycles. The van der Waals surface area contributed by atoms with Gasteiger partial charge < -0.3 is 15.7 Å². The minimum absolute atomic E-state index is 0.128. The second-order valence-corrected chi connectivity index (χ2v) is 3.71. The number of aromatic amines is 1. The highest BCUT2D eigenvalue weighted by Gasteiger charge is 2.18. The molecule has 6 heteroatoms. The smallest absolute Gasteiger partial charge is 0.254 e. The minimum atomic E-state index is -0.247. The van der Waals surface area contributed by atoms with Crippen LogP contribution in [0.3, 0.4) is 0 Å². The first-order valence-corrected chi connectivity index (χ1v) is 4.95. The third kappa shape index (κ3) is 2.27. The van der Waals surface area contributed by atoms with Crippen LogP contribution in [0.1, 0.15) is 12.8 Å². The Balaban J connectivity index is 2.19. The van der Waals surface area contributed by atoms with Crippen molar-refractivity contribution in [3.8, 4) is 0 Å².